The van der Waals surface area contributed by atoms with E-state index < -0.39 is 0 Å². The van der Waals surface area contributed by atoms with Crippen LogP contribution in [0.5, 0.6) is 5.75 Å². The van der Waals surface area contributed by atoms with Gasteiger partial charge in [0.05, 0.1) is 6.54 Å². The van der Waals surface area contributed by atoms with Gasteiger partial charge in [-0.25, -0.2) is 4.99 Å². The molecule has 0 radical (unpaired) electrons. The summed E-state index contributed by atoms with van der Waals surface area (Å²) in [4.78, 5) is 4.64. The van der Waals surface area contributed by atoms with Crippen LogP contribution in [0.15, 0.2) is 29.3 Å². The molecule has 3 N–H and O–H groups in total. The second-order valence-electron chi connectivity index (χ2n) is 6.31. The Kier molecular flexibility index (Phi) is 9.43. The van der Waals surface area contributed by atoms with Crippen molar-refractivity contribution < 1.29 is 9.84 Å². The molecular weight excluding hydrogens is 417 g/mol. The first-order valence-electron chi connectivity index (χ1n) is 8.46. The molecule has 1 aromatic rings. The van der Waals surface area contributed by atoms with Crippen LogP contribution in [0.4, 0.5) is 0 Å². The number of methoxy groups -OCH3 is 1. The standard InChI is InChI=1S/C18H29N3O2.HI/c1-3-19-17(20-13-15-5-7-16(22)8-6-15)21-14-18(9-4-10-18)11-12-23-2;/h5-8,22H,3-4,9-14H2,1-2H3,(H2,19,20,21);1H. The number of halogens is 1. The predicted octanol–water partition coefficient (Wildman–Crippen LogP) is 3.27. The monoisotopic (exact) mass is 447 g/mol. The minimum atomic E-state index is 0. The average Bonchev–Trinajstić information content (AvgIpc) is 2.52. The molecular formula is C18H30IN3O2. The van der Waals surface area contributed by atoms with Gasteiger partial charge in [0, 0.05) is 26.8 Å². The number of guanidine groups is 1. The summed E-state index contributed by atoms with van der Waals surface area (Å²) >= 11 is 0. The number of hydrogen-bond donors (Lipinski definition) is 3. The van der Waals surface area contributed by atoms with Crippen LogP contribution in [0.2, 0.25) is 0 Å². The highest BCUT2D eigenvalue weighted by molar-refractivity contribution is 14.0. The molecule has 0 aromatic heterocycles. The van der Waals surface area contributed by atoms with Crippen molar-refractivity contribution in [3.05, 3.63) is 29.8 Å². The molecule has 0 amide bonds. The molecule has 5 nitrogen and oxygen atoms in total. The van der Waals surface area contributed by atoms with Crippen molar-refractivity contribution in [1.29, 1.82) is 0 Å². The summed E-state index contributed by atoms with van der Waals surface area (Å²) in [5, 5.41) is 16.1. The van der Waals surface area contributed by atoms with E-state index in [9.17, 15) is 5.11 Å². The molecule has 0 bridgehead atoms. The van der Waals surface area contributed by atoms with Crippen LogP contribution in [0.3, 0.4) is 0 Å². The normalized spacial score (nSPS) is 16.0. The molecule has 6 heteroatoms. The van der Waals surface area contributed by atoms with Gasteiger partial charge in [0.2, 0.25) is 0 Å². The van der Waals surface area contributed by atoms with Gasteiger partial charge in [-0.05, 0) is 49.3 Å². The number of rotatable bonds is 8. The van der Waals surface area contributed by atoms with Crippen LogP contribution in [0, 0.1) is 5.41 Å². The Bertz CT molecular complexity index is 501. The lowest BCUT2D eigenvalue weighted by atomic mass is 9.67. The Hall–Kier alpha value is -1.02. The summed E-state index contributed by atoms with van der Waals surface area (Å²) in [5.74, 6) is 1.14. The predicted molar refractivity (Wildman–Crippen MR) is 109 cm³/mol. The van der Waals surface area contributed by atoms with E-state index in [4.69, 9.17) is 4.74 Å². The summed E-state index contributed by atoms with van der Waals surface area (Å²) in [7, 11) is 1.77. The molecule has 1 fully saturated rings. The van der Waals surface area contributed by atoms with Gasteiger partial charge in [-0.15, -0.1) is 24.0 Å². The van der Waals surface area contributed by atoms with E-state index in [0.717, 1.165) is 37.6 Å². The number of nitrogens with zero attached hydrogens (tertiary/aromatic N) is 1. The smallest absolute Gasteiger partial charge is 0.191 e. The third kappa shape index (κ3) is 6.47. The summed E-state index contributed by atoms with van der Waals surface area (Å²) in [6.07, 6.45) is 4.95. The molecule has 0 spiro atoms. The Balaban J connectivity index is 0.00000288. The van der Waals surface area contributed by atoms with Gasteiger partial charge in [0.15, 0.2) is 5.96 Å². The van der Waals surface area contributed by atoms with Gasteiger partial charge in [0.25, 0.3) is 0 Å². The summed E-state index contributed by atoms with van der Waals surface area (Å²) in [6.45, 7) is 5.27. The van der Waals surface area contributed by atoms with E-state index in [1.807, 2.05) is 12.1 Å². The number of phenols is 1. The van der Waals surface area contributed by atoms with E-state index in [1.165, 1.54) is 19.3 Å². The molecule has 0 aliphatic heterocycles. The van der Waals surface area contributed by atoms with Crippen molar-refractivity contribution in [2.24, 2.45) is 10.4 Å². The van der Waals surface area contributed by atoms with Gasteiger partial charge >= 0.3 is 0 Å². The highest BCUT2D eigenvalue weighted by Crippen LogP contribution is 2.43. The summed E-state index contributed by atoms with van der Waals surface area (Å²) in [6, 6.07) is 7.18. The summed E-state index contributed by atoms with van der Waals surface area (Å²) < 4.78 is 5.25. The minimum absolute atomic E-state index is 0. The van der Waals surface area contributed by atoms with Crippen molar-refractivity contribution in [1.82, 2.24) is 10.6 Å². The lowest BCUT2D eigenvalue weighted by Crippen LogP contribution is -2.46. The number of ether oxygens (including phenoxy) is 1. The van der Waals surface area contributed by atoms with Crippen molar-refractivity contribution in [2.45, 2.75) is 39.2 Å². The second-order valence-corrected chi connectivity index (χ2v) is 6.31. The molecule has 1 aliphatic carbocycles. The van der Waals surface area contributed by atoms with Gasteiger partial charge in [-0.3, -0.25) is 0 Å². The van der Waals surface area contributed by atoms with Crippen LogP contribution in [0.25, 0.3) is 0 Å². The lowest BCUT2D eigenvalue weighted by molar-refractivity contribution is 0.0732. The van der Waals surface area contributed by atoms with Gasteiger partial charge in [-0.1, -0.05) is 18.6 Å². The van der Waals surface area contributed by atoms with Gasteiger partial charge in [0.1, 0.15) is 5.75 Å². The fourth-order valence-corrected chi connectivity index (χ4v) is 2.90. The topological polar surface area (TPSA) is 65.9 Å². The quantitative estimate of drug-likeness (QED) is 0.325. The maximum absolute atomic E-state index is 9.33. The van der Waals surface area contributed by atoms with Crippen LogP contribution in [0.1, 0.15) is 38.2 Å². The van der Waals surface area contributed by atoms with Gasteiger partial charge in [-0.2, -0.15) is 0 Å². The number of hydrogen-bond acceptors (Lipinski definition) is 3. The molecule has 1 saturated carbocycles. The summed E-state index contributed by atoms with van der Waals surface area (Å²) in [5.41, 5.74) is 1.45. The van der Waals surface area contributed by atoms with Gasteiger partial charge < -0.3 is 20.5 Å². The molecule has 0 saturated heterocycles. The second kappa shape index (κ2) is 10.8. The fraction of sp³-hybridized carbons (Fsp3) is 0.611. The highest BCUT2D eigenvalue weighted by Gasteiger charge is 2.36. The fourth-order valence-electron chi connectivity index (χ4n) is 2.90. The largest absolute Gasteiger partial charge is 0.508 e. The first kappa shape index (κ1) is 21.0. The zero-order valence-electron chi connectivity index (χ0n) is 14.7. The Morgan fingerprint density at radius 2 is 1.96 bits per heavy atom. The lowest BCUT2D eigenvalue weighted by Gasteiger charge is -2.42. The van der Waals surface area contributed by atoms with Crippen LogP contribution in [-0.2, 0) is 11.3 Å². The molecule has 1 aromatic carbocycles. The van der Waals surface area contributed by atoms with E-state index in [1.54, 1.807) is 19.2 Å². The Morgan fingerprint density at radius 3 is 2.50 bits per heavy atom. The van der Waals surface area contributed by atoms with Crippen LogP contribution < -0.4 is 10.6 Å². The third-order valence-electron chi connectivity index (χ3n) is 4.58. The Labute approximate surface area is 162 Å². The maximum atomic E-state index is 9.33. The van der Waals surface area contributed by atoms with E-state index in [2.05, 4.69) is 22.5 Å². The highest BCUT2D eigenvalue weighted by atomic mass is 127. The number of phenolic OH excluding ortho intramolecular Hbond substituents is 1. The molecule has 2 rings (SSSR count). The number of aliphatic imine (C=N–C) groups is 1. The zero-order chi connectivity index (χ0) is 16.5. The average molecular weight is 447 g/mol. The molecule has 0 heterocycles. The molecule has 24 heavy (non-hydrogen) atoms. The van der Waals surface area contributed by atoms with E-state index in [0.29, 0.717) is 12.0 Å². The van der Waals surface area contributed by atoms with Crippen molar-refractivity contribution >= 4 is 29.9 Å². The van der Waals surface area contributed by atoms with Crippen molar-refractivity contribution in [2.75, 3.05) is 26.8 Å². The van der Waals surface area contributed by atoms with Crippen molar-refractivity contribution in [3.8, 4) is 5.75 Å². The number of aromatic hydroxyl groups is 1. The third-order valence-corrected chi connectivity index (χ3v) is 4.58. The maximum Gasteiger partial charge on any atom is 0.191 e. The molecule has 1 aliphatic rings. The van der Waals surface area contributed by atoms with Crippen LogP contribution >= 0.6 is 24.0 Å². The number of nitrogens with one attached hydrogen (secondary N) is 2. The number of benzene rings is 1. The zero-order valence-corrected chi connectivity index (χ0v) is 17.0. The minimum Gasteiger partial charge on any atom is -0.508 e. The molecule has 0 unspecified atom stereocenters. The van der Waals surface area contributed by atoms with E-state index in [-0.39, 0.29) is 29.7 Å². The van der Waals surface area contributed by atoms with E-state index >= 15 is 0 Å². The molecule has 0 atom stereocenters. The molecule has 136 valence electrons. The van der Waals surface area contributed by atoms with Crippen molar-refractivity contribution in [3.63, 3.8) is 0 Å². The first-order chi connectivity index (χ1) is 11.2. The van der Waals surface area contributed by atoms with Crippen LogP contribution in [-0.4, -0.2) is 37.9 Å². The first-order valence-corrected chi connectivity index (χ1v) is 8.46. The Morgan fingerprint density at radius 1 is 1.25 bits per heavy atom. The SMILES string of the molecule is CCNC(=NCc1ccc(O)cc1)NCC1(CCOC)CCC1.I.